The van der Waals surface area contributed by atoms with Crippen LogP contribution >= 0.6 is 0 Å². The maximum absolute atomic E-state index is 13.4. The van der Waals surface area contributed by atoms with E-state index in [0.717, 1.165) is 0 Å². The van der Waals surface area contributed by atoms with Crippen LogP contribution in [0.3, 0.4) is 0 Å². The van der Waals surface area contributed by atoms with E-state index in [2.05, 4.69) is 0 Å². The van der Waals surface area contributed by atoms with Gasteiger partial charge in [0.2, 0.25) is 10.0 Å². The van der Waals surface area contributed by atoms with Crippen molar-refractivity contribution in [3.8, 4) is 5.75 Å². The molecule has 2 fully saturated rings. The molecule has 2 heterocycles. The third kappa shape index (κ3) is 3.83. The van der Waals surface area contributed by atoms with E-state index in [1.165, 1.54) is 11.4 Å². The van der Waals surface area contributed by atoms with Crippen molar-refractivity contribution >= 4 is 16.1 Å². The van der Waals surface area contributed by atoms with Crippen LogP contribution in [0.15, 0.2) is 29.2 Å². The number of ether oxygens (including phenoxy) is 2. The van der Waals surface area contributed by atoms with E-state index >= 15 is 0 Å². The average molecular weight is 412 g/mol. The number of benzene rings is 1. The summed E-state index contributed by atoms with van der Waals surface area (Å²) in [6, 6.07) is 6.02. The molecular formula is C19H29N3O5S. The maximum atomic E-state index is 13.4. The summed E-state index contributed by atoms with van der Waals surface area (Å²) >= 11 is 0. The second-order valence-corrected chi connectivity index (χ2v) is 9.44. The van der Waals surface area contributed by atoms with E-state index in [9.17, 15) is 13.2 Å². The topological polar surface area (TPSA) is 79.4 Å². The van der Waals surface area contributed by atoms with Gasteiger partial charge in [-0.1, -0.05) is 13.8 Å². The number of carbonyl (C=O) groups is 1. The van der Waals surface area contributed by atoms with E-state index in [1.807, 2.05) is 20.8 Å². The number of hydrogen-bond donors (Lipinski definition) is 0. The van der Waals surface area contributed by atoms with Crippen molar-refractivity contribution in [2.24, 2.45) is 5.92 Å². The van der Waals surface area contributed by atoms with Crippen molar-refractivity contribution in [3.05, 3.63) is 24.3 Å². The first-order chi connectivity index (χ1) is 13.3. The molecule has 0 bridgehead atoms. The van der Waals surface area contributed by atoms with Crippen LogP contribution in [0.25, 0.3) is 0 Å². The van der Waals surface area contributed by atoms with Gasteiger partial charge in [-0.2, -0.15) is 4.31 Å². The van der Waals surface area contributed by atoms with Gasteiger partial charge in [0.05, 0.1) is 25.2 Å². The number of nitrogens with zero attached hydrogens (tertiary/aromatic N) is 3. The number of methoxy groups -OCH3 is 1. The summed E-state index contributed by atoms with van der Waals surface area (Å²) < 4.78 is 38.6. The molecule has 0 aromatic heterocycles. The minimum Gasteiger partial charge on any atom is -0.497 e. The molecule has 0 spiro atoms. The average Bonchev–Trinajstić information content (AvgIpc) is 3.06. The Labute approximate surface area is 167 Å². The fourth-order valence-electron chi connectivity index (χ4n) is 3.85. The summed E-state index contributed by atoms with van der Waals surface area (Å²) in [5, 5.41) is 0. The molecule has 2 atom stereocenters. The smallest absolute Gasteiger partial charge is 0.321 e. The lowest BCUT2D eigenvalue weighted by atomic mass is 10.1. The van der Waals surface area contributed by atoms with Crippen molar-refractivity contribution in [3.63, 3.8) is 0 Å². The first kappa shape index (κ1) is 20.9. The number of carbonyl (C=O) groups excluding carboxylic acids is 1. The number of rotatable bonds is 4. The zero-order chi connectivity index (χ0) is 20.5. The fraction of sp³-hybridized carbons (Fsp3) is 0.632. The van der Waals surface area contributed by atoms with Crippen molar-refractivity contribution < 1.29 is 22.7 Å². The van der Waals surface area contributed by atoms with E-state index in [4.69, 9.17) is 9.47 Å². The Kier molecular flexibility index (Phi) is 6.16. The maximum Gasteiger partial charge on any atom is 0.321 e. The summed E-state index contributed by atoms with van der Waals surface area (Å²) in [5.41, 5.74) is 0. The molecule has 2 amide bonds. The van der Waals surface area contributed by atoms with Gasteiger partial charge in [0.1, 0.15) is 11.9 Å². The number of sulfonamides is 1. The van der Waals surface area contributed by atoms with Gasteiger partial charge in [-0.3, -0.25) is 0 Å². The number of hydrogen-bond acceptors (Lipinski definition) is 5. The monoisotopic (exact) mass is 411 g/mol. The quantitative estimate of drug-likeness (QED) is 0.755. The predicted molar refractivity (Wildman–Crippen MR) is 105 cm³/mol. The highest BCUT2D eigenvalue weighted by Gasteiger charge is 2.48. The molecule has 0 aliphatic carbocycles. The van der Waals surface area contributed by atoms with E-state index < -0.39 is 16.2 Å². The molecular weight excluding hydrogens is 382 g/mol. The molecule has 156 valence electrons. The summed E-state index contributed by atoms with van der Waals surface area (Å²) in [4.78, 5) is 16.8. The van der Waals surface area contributed by atoms with Gasteiger partial charge in [-0.25, -0.2) is 13.2 Å². The van der Waals surface area contributed by atoms with E-state index in [1.54, 1.807) is 34.1 Å². The largest absolute Gasteiger partial charge is 0.497 e. The molecule has 1 aromatic carbocycles. The SMILES string of the molecule is COc1ccc(S(=O)(=O)N2CC(C)N(C(=O)N3CCOCC3)C2C(C)C)cc1. The zero-order valence-corrected chi connectivity index (χ0v) is 17.7. The van der Waals surface area contributed by atoms with Crippen molar-refractivity contribution in [2.45, 2.75) is 37.9 Å². The minimum atomic E-state index is -3.75. The first-order valence-corrected chi connectivity index (χ1v) is 11.0. The lowest BCUT2D eigenvalue weighted by molar-refractivity contribution is 0.0334. The van der Waals surface area contributed by atoms with Crippen molar-refractivity contribution in [1.29, 1.82) is 0 Å². The number of amides is 2. The van der Waals surface area contributed by atoms with Gasteiger partial charge in [-0.15, -0.1) is 0 Å². The highest BCUT2D eigenvalue weighted by atomic mass is 32.2. The molecule has 0 N–H and O–H groups in total. The van der Waals surface area contributed by atoms with Crippen LogP contribution in [0.2, 0.25) is 0 Å². The molecule has 0 radical (unpaired) electrons. The van der Waals surface area contributed by atoms with Gasteiger partial charge >= 0.3 is 6.03 Å². The van der Waals surface area contributed by atoms with Crippen LogP contribution < -0.4 is 4.74 Å². The zero-order valence-electron chi connectivity index (χ0n) is 16.9. The van der Waals surface area contributed by atoms with Crippen molar-refractivity contribution in [1.82, 2.24) is 14.1 Å². The fourth-order valence-corrected chi connectivity index (χ4v) is 5.64. The standard InChI is InChI=1S/C19H29N3O5S/c1-14(2)18-21(28(24,25)17-7-5-16(26-4)6-8-17)13-15(3)22(18)19(23)20-9-11-27-12-10-20/h5-8,14-15,18H,9-13H2,1-4H3. The Balaban J connectivity index is 1.91. The van der Waals surface area contributed by atoms with E-state index in [0.29, 0.717) is 32.1 Å². The third-order valence-electron chi connectivity index (χ3n) is 5.26. The molecule has 0 saturated carbocycles. The second-order valence-electron chi connectivity index (χ2n) is 7.55. The lowest BCUT2D eigenvalue weighted by Crippen LogP contribution is -2.55. The summed E-state index contributed by atoms with van der Waals surface area (Å²) in [7, 11) is -2.21. The highest BCUT2D eigenvalue weighted by molar-refractivity contribution is 7.89. The summed E-state index contributed by atoms with van der Waals surface area (Å²) in [5.74, 6) is 0.543. The van der Waals surface area contributed by atoms with Gasteiger partial charge in [0, 0.05) is 25.7 Å². The Hall–Kier alpha value is -1.84. The lowest BCUT2D eigenvalue weighted by Gasteiger charge is -2.38. The molecule has 2 unspecified atom stereocenters. The van der Waals surface area contributed by atoms with E-state index in [-0.39, 0.29) is 29.4 Å². The van der Waals surface area contributed by atoms with Crippen molar-refractivity contribution in [2.75, 3.05) is 40.0 Å². The molecule has 2 aliphatic rings. The molecule has 1 aromatic rings. The molecule has 28 heavy (non-hydrogen) atoms. The van der Waals surface area contributed by atoms with Crippen LogP contribution in [0.1, 0.15) is 20.8 Å². The molecule has 2 saturated heterocycles. The van der Waals surface area contributed by atoms with Crippen LogP contribution in [0, 0.1) is 5.92 Å². The van der Waals surface area contributed by atoms with Gasteiger partial charge in [-0.05, 0) is 37.1 Å². The van der Waals surface area contributed by atoms with Gasteiger partial charge < -0.3 is 19.3 Å². The van der Waals surface area contributed by atoms with Crippen LogP contribution in [0.5, 0.6) is 5.75 Å². The van der Waals surface area contributed by atoms with Crippen LogP contribution in [0.4, 0.5) is 4.79 Å². The Morgan fingerprint density at radius 1 is 1.18 bits per heavy atom. The number of urea groups is 1. The van der Waals surface area contributed by atoms with Gasteiger partial charge in [0.15, 0.2) is 0 Å². The summed E-state index contributed by atoms with van der Waals surface area (Å²) in [6.07, 6.45) is -0.530. The first-order valence-electron chi connectivity index (χ1n) is 9.58. The molecule has 9 heteroatoms. The summed E-state index contributed by atoms with van der Waals surface area (Å²) in [6.45, 7) is 8.13. The Morgan fingerprint density at radius 3 is 2.32 bits per heavy atom. The minimum absolute atomic E-state index is 0.0528. The normalized spacial score (nSPS) is 24.0. The Bertz CT molecular complexity index is 790. The number of morpholine rings is 1. The third-order valence-corrected chi connectivity index (χ3v) is 7.11. The van der Waals surface area contributed by atoms with Crippen LogP contribution in [-0.2, 0) is 14.8 Å². The van der Waals surface area contributed by atoms with Gasteiger partial charge in [0.25, 0.3) is 0 Å². The highest BCUT2D eigenvalue weighted by Crippen LogP contribution is 2.33. The van der Waals surface area contributed by atoms with Crippen LogP contribution in [-0.4, -0.2) is 80.7 Å². The second kappa shape index (κ2) is 8.26. The molecule has 3 rings (SSSR count). The molecule has 8 nitrogen and oxygen atoms in total. The molecule has 2 aliphatic heterocycles. The Morgan fingerprint density at radius 2 is 1.79 bits per heavy atom. The predicted octanol–water partition coefficient (Wildman–Crippen LogP) is 1.82.